The molecule has 0 fully saturated rings. The highest BCUT2D eigenvalue weighted by Crippen LogP contribution is 2.15. The molecule has 0 saturated carbocycles. The minimum atomic E-state index is -1.14. The van der Waals surface area contributed by atoms with Gasteiger partial charge in [0, 0.05) is 0 Å². The van der Waals surface area contributed by atoms with Crippen LogP contribution in [0.4, 0.5) is 0 Å². The number of benzene rings is 1. The third kappa shape index (κ3) is 1.74. The van der Waals surface area contributed by atoms with Crippen LogP contribution in [0.1, 0.15) is 21.7 Å². The maximum absolute atomic E-state index is 10.8. The molecule has 0 atom stereocenters. The summed E-state index contributed by atoms with van der Waals surface area (Å²) in [5.41, 5.74) is 1.21. The van der Waals surface area contributed by atoms with Crippen LogP contribution in [0.15, 0.2) is 24.3 Å². The smallest absolute Gasteiger partial charge is 0.358 e. The van der Waals surface area contributed by atoms with Crippen molar-refractivity contribution in [1.82, 2.24) is 15.0 Å². The van der Waals surface area contributed by atoms with Gasteiger partial charge >= 0.3 is 5.97 Å². The van der Waals surface area contributed by atoms with Crippen molar-refractivity contribution in [3.05, 3.63) is 41.2 Å². The zero-order valence-electron chi connectivity index (χ0n) is 8.95. The molecule has 0 aliphatic heterocycles. The summed E-state index contributed by atoms with van der Waals surface area (Å²) < 4.78 is 1.35. The molecule has 0 unspecified atom stereocenters. The maximum Gasteiger partial charge on any atom is 0.358 e. The van der Waals surface area contributed by atoms with E-state index in [0.717, 1.165) is 0 Å². The fourth-order valence-electron chi connectivity index (χ4n) is 1.51. The Labute approximate surface area is 96.7 Å². The van der Waals surface area contributed by atoms with Crippen LogP contribution in [-0.2, 0) is 0 Å². The van der Waals surface area contributed by atoms with Crippen LogP contribution in [0, 0.1) is 18.3 Å². The quantitative estimate of drug-likeness (QED) is 0.832. The summed E-state index contributed by atoms with van der Waals surface area (Å²) in [6, 6.07) is 8.82. The number of nitriles is 1. The Balaban J connectivity index is 2.62. The van der Waals surface area contributed by atoms with E-state index in [-0.39, 0.29) is 5.69 Å². The number of nitrogens with zero attached hydrogens (tertiary/aromatic N) is 4. The Morgan fingerprint density at radius 2 is 2.18 bits per heavy atom. The molecular formula is C11H8N4O2. The molecule has 0 aliphatic rings. The van der Waals surface area contributed by atoms with Crippen molar-refractivity contribution in [3.8, 4) is 11.8 Å². The number of carbonyl (C=O) groups is 1. The summed E-state index contributed by atoms with van der Waals surface area (Å²) in [4.78, 5) is 10.8. The van der Waals surface area contributed by atoms with Crippen LogP contribution >= 0.6 is 0 Å². The molecule has 2 rings (SSSR count). The molecule has 1 N–H and O–H groups in total. The maximum atomic E-state index is 10.8. The van der Waals surface area contributed by atoms with E-state index in [1.54, 1.807) is 31.2 Å². The highest BCUT2D eigenvalue weighted by molar-refractivity contribution is 5.86. The Hall–Kier alpha value is -2.68. The number of para-hydroxylation sites is 1. The molecule has 2 aromatic rings. The Kier molecular flexibility index (Phi) is 2.58. The van der Waals surface area contributed by atoms with Crippen LogP contribution in [0.3, 0.4) is 0 Å². The second-order valence-corrected chi connectivity index (χ2v) is 3.37. The molecule has 0 radical (unpaired) electrons. The van der Waals surface area contributed by atoms with Crippen molar-refractivity contribution in [3.63, 3.8) is 0 Å². The lowest BCUT2D eigenvalue weighted by atomic mass is 10.2. The third-order valence-electron chi connectivity index (χ3n) is 2.35. The van der Waals surface area contributed by atoms with Crippen LogP contribution in [0.5, 0.6) is 0 Å². The average Bonchev–Trinajstić information content (AvgIpc) is 2.71. The number of carboxylic acids is 1. The second-order valence-electron chi connectivity index (χ2n) is 3.37. The molecule has 17 heavy (non-hydrogen) atoms. The van der Waals surface area contributed by atoms with Gasteiger partial charge < -0.3 is 5.11 Å². The number of hydrogen-bond donors (Lipinski definition) is 1. The molecule has 1 heterocycles. The van der Waals surface area contributed by atoms with Crippen LogP contribution in [0.2, 0.25) is 0 Å². The van der Waals surface area contributed by atoms with E-state index in [9.17, 15) is 4.79 Å². The van der Waals surface area contributed by atoms with E-state index in [2.05, 4.69) is 10.3 Å². The lowest BCUT2D eigenvalue weighted by molar-refractivity contribution is 0.0689. The third-order valence-corrected chi connectivity index (χ3v) is 2.35. The minimum absolute atomic E-state index is 0.113. The van der Waals surface area contributed by atoms with Crippen molar-refractivity contribution in [2.45, 2.75) is 6.92 Å². The molecule has 0 spiro atoms. The summed E-state index contributed by atoms with van der Waals surface area (Å²) in [7, 11) is 0. The Morgan fingerprint density at radius 1 is 1.47 bits per heavy atom. The standard InChI is InChI=1S/C11H8N4O2/c1-7-10(11(16)17)13-14-15(7)9-5-3-2-4-8(9)6-12/h2-5H,1H3,(H,16,17). The molecule has 6 nitrogen and oxygen atoms in total. The van der Waals surface area contributed by atoms with Crippen LogP contribution in [-0.4, -0.2) is 26.1 Å². The largest absolute Gasteiger partial charge is 0.476 e. The SMILES string of the molecule is Cc1c(C(=O)O)nnn1-c1ccccc1C#N. The predicted molar refractivity (Wildman–Crippen MR) is 57.8 cm³/mol. The topological polar surface area (TPSA) is 91.8 Å². The van der Waals surface area contributed by atoms with Gasteiger partial charge in [0.1, 0.15) is 6.07 Å². The van der Waals surface area contributed by atoms with Gasteiger partial charge in [0.05, 0.1) is 16.9 Å². The molecular weight excluding hydrogens is 220 g/mol. The van der Waals surface area contributed by atoms with E-state index in [4.69, 9.17) is 10.4 Å². The molecule has 0 aliphatic carbocycles. The molecule has 0 amide bonds. The van der Waals surface area contributed by atoms with Crippen molar-refractivity contribution in [2.75, 3.05) is 0 Å². The number of aromatic nitrogens is 3. The molecule has 6 heteroatoms. The van der Waals surface area contributed by atoms with Gasteiger partial charge in [-0.2, -0.15) is 5.26 Å². The Morgan fingerprint density at radius 3 is 2.76 bits per heavy atom. The van der Waals surface area contributed by atoms with Gasteiger partial charge in [-0.3, -0.25) is 0 Å². The van der Waals surface area contributed by atoms with E-state index in [0.29, 0.717) is 16.9 Å². The van der Waals surface area contributed by atoms with Gasteiger partial charge in [-0.15, -0.1) is 5.10 Å². The number of hydrogen-bond acceptors (Lipinski definition) is 4. The molecule has 1 aromatic carbocycles. The zero-order chi connectivity index (χ0) is 12.4. The van der Waals surface area contributed by atoms with Crippen LogP contribution in [0.25, 0.3) is 5.69 Å². The van der Waals surface area contributed by atoms with E-state index in [1.807, 2.05) is 6.07 Å². The first-order chi connectivity index (χ1) is 8.15. The van der Waals surface area contributed by atoms with Crippen molar-refractivity contribution in [2.24, 2.45) is 0 Å². The lowest BCUT2D eigenvalue weighted by Gasteiger charge is -2.04. The average molecular weight is 228 g/mol. The first kappa shape index (κ1) is 10.8. The normalized spacial score (nSPS) is 9.88. The number of rotatable bonds is 2. The highest BCUT2D eigenvalue weighted by Gasteiger charge is 2.17. The van der Waals surface area contributed by atoms with E-state index in [1.165, 1.54) is 4.68 Å². The van der Waals surface area contributed by atoms with Gasteiger partial charge in [-0.05, 0) is 19.1 Å². The fraction of sp³-hybridized carbons (Fsp3) is 0.0909. The minimum Gasteiger partial charge on any atom is -0.476 e. The molecule has 0 bridgehead atoms. The summed E-state index contributed by atoms with van der Waals surface area (Å²) in [5, 5.41) is 25.2. The zero-order valence-corrected chi connectivity index (χ0v) is 8.95. The number of carboxylic acid groups (broad SMARTS) is 1. The second kappa shape index (κ2) is 4.06. The van der Waals surface area contributed by atoms with Gasteiger partial charge in [-0.1, -0.05) is 17.3 Å². The lowest BCUT2D eigenvalue weighted by Crippen LogP contribution is -2.04. The summed E-state index contributed by atoms with van der Waals surface area (Å²) in [6.45, 7) is 1.59. The van der Waals surface area contributed by atoms with Crippen molar-refractivity contribution >= 4 is 5.97 Å². The van der Waals surface area contributed by atoms with Gasteiger partial charge in [-0.25, -0.2) is 9.48 Å². The first-order valence-corrected chi connectivity index (χ1v) is 4.80. The van der Waals surface area contributed by atoms with E-state index < -0.39 is 5.97 Å². The first-order valence-electron chi connectivity index (χ1n) is 4.80. The summed E-state index contributed by atoms with van der Waals surface area (Å²) in [5.74, 6) is -1.14. The molecule has 0 saturated heterocycles. The van der Waals surface area contributed by atoms with Crippen LogP contribution < -0.4 is 0 Å². The fourth-order valence-corrected chi connectivity index (χ4v) is 1.51. The van der Waals surface area contributed by atoms with Crippen molar-refractivity contribution in [1.29, 1.82) is 5.26 Å². The molecule has 84 valence electrons. The monoisotopic (exact) mass is 228 g/mol. The molecule has 1 aromatic heterocycles. The van der Waals surface area contributed by atoms with E-state index >= 15 is 0 Å². The summed E-state index contributed by atoms with van der Waals surface area (Å²) in [6.07, 6.45) is 0. The predicted octanol–water partition coefficient (Wildman–Crippen LogP) is 1.15. The van der Waals surface area contributed by atoms with Gasteiger partial charge in [0.15, 0.2) is 5.69 Å². The van der Waals surface area contributed by atoms with Gasteiger partial charge in [0.25, 0.3) is 0 Å². The van der Waals surface area contributed by atoms with Crippen molar-refractivity contribution < 1.29 is 9.90 Å². The Bertz CT molecular complexity index is 625. The van der Waals surface area contributed by atoms with Gasteiger partial charge in [0.2, 0.25) is 0 Å². The summed E-state index contributed by atoms with van der Waals surface area (Å²) >= 11 is 0. The highest BCUT2D eigenvalue weighted by atomic mass is 16.4. The number of aromatic carboxylic acids is 1.